The van der Waals surface area contributed by atoms with Gasteiger partial charge in [-0.1, -0.05) is 29.8 Å². The number of nitrogens with zero attached hydrogens (tertiary/aromatic N) is 1. The van der Waals surface area contributed by atoms with Crippen molar-refractivity contribution in [3.63, 3.8) is 0 Å². The van der Waals surface area contributed by atoms with E-state index in [9.17, 15) is 4.79 Å². The van der Waals surface area contributed by atoms with Crippen molar-refractivity contribution < 1.29 is 23.7 Å². The zero-order valence-corrected chi connectivity index (χ0v) is 18.6. The first kappa shape index (κ1) is 20.1. The van der Waals surface area contributed by atoms with Crippen molar-refractivity contribution in [1.82, 2.24) is 4.90 Å². The van der Waals surface area contributed by atoms with E-state index in [1.54, 1.807) is 18.2 Å². The van der Waals surface area contributed by atoms with Crippen molar-refractivity contribution in [2.24, 2.45) is 0 Å². The van der Waals surface area contributed by atoms with Gasteiger partial charge in [-0.05, 0) is 60.0 Å². The van der Waals surface area contributed by atoms with Crippen LogP contribution in [-0.4, -0.2) is 24.2 Å². The maximum Gasteiger partial charge on any atom is 0.232 e. The topological polar surface area (TPSA) is 57.2 Å². The van der Waals surface area contributed by atoms with Gasteiger partial charge in [0.1, 0.15) is 18.2 Å². The summed E-state index contributed by atoms with van der Waals surface area (Å²) >= 11 is 5.98. The monoisotopic (exact) mass is 461 g/mol. The maximum absolute atomic E-state index is 13.2. The molecular weight excluding hydrogens is 442 g/mol. The highest BCUT2D eigenvalue weighted by molar-refractivity contribution is 6.30. The molecule has 0 amide bonds. The lowest BCUT2D eigenvalue weighted by atomic mass is 9.98. The minimum Gasteiger partial charge on any atom is -0.478 e. The molecule has 33 heavy (non-hydrogen) atoms. The minimum absolute atomic E-state index is 0.117. The van der Waals surface area contributed by atoms with Crippen LogP contribution in [0.5, 0.6) is 23.0 Å². The average Bonchev–Trinajstić information content (AvgIpc) is 3.40. The zero-order chi connectivity index (χ0) is 22.5. The molecule has 0 atom stereocenters. The van der Waals surface area contributed by atoms with Gasteiger partial charge in [0.05, 0.1) is 11.1 Å². The zero-order valence-electron chi connectivity index (χ0n) is 17.9. The molecule has 6 nitrogen and oxygen atoms in total. The average molecular weight is 462 g/mol. The molecule has 3 aromatic rings. The van der Waals surface area contributed by atoms with E-state index in [4.69, 9.17) is 30.5 Å². The maximum atomic E-state index is 13.2. The fourth-order valence-electron chi connectivity index (χ4n) is 4.39. The largest absolute Gasteiger partial charge is 0.478 e. The van der Waals surface area contributed by atoms with Crippen LogP contribution in [0, 0.1) is 6.92 Å². The number of carbonyl (C=O) groups excluding carboxylic acids is 1. The molecule has 0 aromatic heterocycles. The van der Waals surface area contributed by atoms with Crippen LogP contribution in [0.15, 0.2) is 54.3 Å². The van der Waals surface area contributed by atoms with Crippen LogP contribution < -0.4 is 18.9 Å². The number of ether oxygens (including phenoxy) is 4. The lowest BCUT2D eigenvalue weighted by Gasteiger charge is -2.30. The van der Waals surface area contributed by atoms with Crippen molar-refractivity contribution in [1.29, 1.82) is 0 Å². The Bertz CT molecular complexity index is 1320. The second-order valence-corrected chi connectivity index (χ2v) is 8.75. The summed E-state index contributed by atoms with van der Waals surface area (Å²) in [6, 6.07) is 15.2. The Morgan fingerprint density at radius 2 is 1.82 bits per heavy atom. The molecule has 3 heterocycles. The second kappa shape index (κ2) is 7.83. The quantitative estimate of drug-likeness (QED) is 0.490. The fourth-order valence-corrected chi connectivity index (χ4v) is 4.51. The van der Waals surface area contributed by atoms with Crippen molar-refractivity contribution in [2.75, 3.05) is 13.5 Å². The predicted octanol–water partition coefficient (Wildman–Crippen LogP) is 5.35. The summed E-state index contributed by atoms with van der Waals surface area (Å²) in [4.78, 5) is 15.3. The van der Waals surface area contributed by atoms with Crippen LogP contribution in [0.3, 0.4) is 0 Å². The molecule has 166 valence electrons. The molecule has 0 spiro atoms. The van der Waals surface area contributed by atoms with Crippen LogP contribution in [0.2, 0.25) is 5.02 Å². The second-order valence-electron chi connectivity index (χ2n) is 8.31. The summed E-state index contributed by atoms with van der Waals surface area (Å²) in [6.07, 6.45) is 1.75. The Kier molecular flexibility index (Phi) is 4.78. The third-order valence-electron chi connectivity index (χ3n) is 6.00. The molecule has 0 radical (unpaired) electrons. The van der Waals surface area contributed by atoms with E-state index >= 15 is 0 Å². The fraction of sp³-hybridized carbons (Fsp3) is 0.192. The smallest absolute Gasteiger partial charge is 0.232 e. The molecule has 0 unspecified atom stereocenters. The number of Topliss-reactive ketones (excluding diaryl/α,β-unsaturated/α-hetero) is 1. The molecule has 0 saturated heterocycles. The van der Waals surface area contributed by atoms with Crippen LogP contribution in [0.25, 0.3) is 6.08 Å². The first-order valence-electron chi connectivity index (χ1n) is 10.6. The third-order valence-corrected chi connectivity index (χ3v) is 6.25. The summed E-state index contributed by atoms with van der Waals surface area (Å²) in [6.45, 7) is 3.88. The molecule has 3 aromatic carbocycles. The molecule has 7 heteroatoms. The number of ketones is 1. The van der Waals surface area contributed by atoms with Gasteiger partial charge in [-0.15, -0.1) is 0 Å². The van der Waals surface area contributed by atoms with E-state index in [-0.39, 0.29) is 12.6 Å². The minimum atomic E-state index is -0.117. The standard InChI is InChI=1S/C26H20ClNO5/c1-15-8-21-19(12-28(13-30-21)11-17-4-7-20-22(10-17)32-14-31-20)26-24(15)25(29)23(33-26)9-16-2-5-18(27)6-3-16/h2-10H,11-14H2,1H3/b23-9-. The third kappa shape index (κ3) is 3.61. The lowest BCUT2D eigenvalue weighted by Crippen LogP contribution is -2.31. The van der Waals surface area contributed by atoms with Gasteiger partial charge in [0.25, 0.3) is 0 Å². The van der Waals surface area contributed by atoms with Gasteiger partial charge in [0.2, 0.25) is 12.6 Å². The van der Waals surface area contributed by atoms with Crippen LogP contribution in [-0.2, 0) is 13.1 Å². The van der Waals surface area contributed by atoms with Crippen LogP contribution in [0.1, 0.15) is 32.6 Å². The number of rotatable bonds is 3. The number of aryl methyl sites for hydroxylation is 1. The van der Waals surface area contributed by atoms with Gasteiger partial charge < -0.3 is 18.9 Å². The molecule has 3 aliphatic rings. The first-order chi connectivity index (χ1) is 16.0. The normalized spacial score (nSPS) is 17.5. The Morgan fingerprint density at radius 1 is 1.00 bits per heavy atom. The molecule has 0 aliphatic carbocycles. The number of fused-ring (bicyclic) bond motifs is 4. The molecule has 0 saturated carbocycles. The van der Waals surface area contributed by atoms with Crippen molar-refractivity contribution in [2.45, 2.75) is 20.0 Å². The van der Waals surface area contributed by atoms with Gasteiger partial charge >= 0.3 is 0 Å². The highest BCUT2D eigenvalue weighted by atomic mass is 35.5. The van der Waals surface area contributed by atoms with E-state index in [1.165, 1.54) is 0 Å². The summed E-state index contributed by atoms with van der Waals surface area (Å²) in [5.74, 6) is 3.05. The highest BCUT2D eigenvalue weighted by Crippen LogP contribution is 2.44. The van der Waals surface area contributed by atoms with Crippen molar-refractivity contribution in [3.8, 4) is 23.0 Å². The van der Waals surface area contributed by atoms with Gasteiger partial charge in [0, 0.05) is 18.1 Å². The lowest BCUT2D eigenvalue weighted by molar-refractivity contribution is 0.0871. The van der Waals surface area contributed by atoms with E-state index in [1.807, 2.05) is 43.3 Å². The van der Waals surface area contributed by atoms with Gasteiger partial charge in [-0.3, -0.25) is 9.69 Å². The Balaban J connectivity index is 1.29. The SMILES string of the molecule is Cc1cc2c(c3c1C(=O)/C(=C/c1ccc(Cl)cc1)O3)CN(Cc1ccc3c(c1)OCO3)CO2. The summed E-state index contributed by atoms with van der Waals surface area (Å²) in [7, 11) is 0. The first-order valence-corrected chi connectivity index (χ1v) is 11.0. The van der Waals surface area contributed by atoms with E-state index in [0.29, 0.717) is 41.9 Å². The highest BCUT2D eigenvalue weighted by Gasteiger charge is 2.35. The molecule has 0 fully saturated rings. The predicted molar refractivity (Wildman–Crippen MR) is 123 cm³/mol. The summed E-state index contributed by atoms with van der Waals surface area (Å²) in [5.41, 5.74) is 4.27. The van der Waals surface area contributed by atoms with Crippen molar-refractivity contribution in [3.05, 3.63) is 87.1 Å². The Morgan fingerprint density at radius 3 is 2.67 bits per heavy atom. The van der Waals surface area contributed by atoms with Gasteiger partial charge in [-0.2, -0.15) is 0 Å². The number of allylic oxidation sites excluding steroid dienone is 1. The van der Waals surface area contributed by atoms with Crippen LogP contribution >= 0.6 is 11.6 Å². The van der Waals surface area contributed by atoms with Gasteiger partial charge in [-0.25, -0.2) is 0 Å². The molecular formula is C26H20ClNO5. The number of hydrogen-bond acceptors (Lipinski definition) is 6. The number of benzene rings is 3. The van der Waals surface area contributed by atoms with Gasteiger partial charge in [0.15, 0.2) is 17.3 Å². The van der Waals surface area contributed by atoms with Crippen LogP contribution in [0.4, 0.5) is 0 Å². The number of carbonyl (C=O) groups is 1. The van der Waals surface area contributed by atoms with E-state index in [2.05, 4.69) is 4.90 Å². The Hall–Kier alpha value is -3.48. The van der Waals surface area contributed by atoms with Crippen molar-refractivity contribution >= 4 is 23.5 Å². The summed E-state index contributed by atoms with van der Waals surface area (Å²) < 4.78 is 23.1. The molecule has 6 rings (SSSR count). The molecule has 0 bridgehead atoms. The number of hydrogen-bond donors (Lipinski definition) is 0. The van der Waals surface area contributed by atoms with E-state index < -0.39 is 0 Å². The molecule has 0 N–H and O–H groups in total. The summed E-state index contributed by atoms with van der Waals surface area (Å²) in [5, 5.41) is 0.642. The number of halogens is 1. The molecule has 3 aliphatic heterocycles. The Labute approximate surface area is 195 Å². The van der Waals surface area contributed by atoms with E-state index in [0.717, 1.165) is 39.5 Å².